The summed E-state index contributed by atoms with van der Waals surface area (Å²) in [6.45, 7) is 9.88. The Bertz CT molecular complexity index is 867. The molecule has 3 aliphatic rings. The zero-order chi connectivity index (χ0) is 23.8. The zero-order valence-corrected chi connectivity index (χ0v) is 20.5. The van der Waals surface area contributed by atoms with Gasteiger partial charge in [0.05, 0.1) is 13.2 Å². The molecule has 0 spiro atoms. The van der Waals surface area contributed by atoms with Gasteiger partial charge in [-0.3, -0.25) is 4.79 Å². The summed E-state index contributed by atoms with van der Waals surface area (Å²) >= 11 is 0. The summed E-state index contributed by atoms with van der Waals surface area (Å²) in [5.74, 6) is 2.01. The van der Waals surface area contributed by atoms with E-state index in [-0.39, 0.29) is 35.4 Å². The van der Waals surface area contributed by atoms with Crippen LogP contribution in [0.3, 0.4) is 0 Å². The number of carbonyl (C=O) groups is 1. The quantitative estimate of drug-likeness (QED) is 0.549. The largest absolute Gasteiger partial charge is 0.497 e. The van der Waals surface area contributed by atoms with Crippen molar-refractivity contribution in [1.29, 1.82) is 0 Å². The Kier molecular flexibility index (Phi) is 6.93. The Morgan fingerprint density at radius 2 is 1.88 bits per heavy atom. The second-order valence-electron chi connectivity index (χ2n) is 11.2. The predicted octanol–water partition coefficient (Wildman–Crippen LogP) is 4.58. The third-order valence-corrected chi connectivity index (χ3v) is 9.81. The second-order valence-corrected chi connectivity index (χ2v) is 11.2. The number of methoxy groups -OCH3 is 1. The lowest BCUT2D eigenvalue weighted by Gasteiger charge is -2.56. The summed E-state index contributed by atoms with van der Waals surface area (Å²) < 4.78 is 5.21. The molecule has 0 radical (unpaired) electrons. The SMILES string of the molecule is C=C1CC[C@H]2[C@H](CNC(=O)c3ccc(OC)cc3)[C@@H]([C@]3(C)CC[C@H](O)C[C@@H]3CO)CC[C@]12C. The van der Waals surface area contributed by atoms with E-state index in [0.717, 1.165) is 44.3 Å². The van der Waals surface area contributed by atoms with Crippen molar-refractivity contribution in [1.82, 2.24) is 5.32 Å². The molecule has 3 aliphatic carbocycles. The Morgan fingerprint density at radius 3 is 2.55 bits per heavy atom. The highest BCUT2D eigenvalue weighted by Crippen LogP contribution is 2.63. The van der Waals surface area contributed by atoms with E-state index in [0.29, 0.717) is 36.3 Å². The number of aliphatic hydroxyl groups excluding tert-OH is 2. The zero-order valence-electron chi connectivity index (χ0n) is 20.5. The van der Waals surface area contributed by atoms with Crippen molar-refractivity contribution in [3.8, 4) is 5.75 Å². The smallest absolute Gasteiger partial charge is 0.251 e. The Hall–Kier alpha value is -1.85. The topological polar surface area (TPSA) is 78.8 Å². The van der Waals surface area contributed by atoms with Crippen LogP contribution >= 0.6 is 0 Å². The van der Waals surface area contributed by atoms with Crippen molar-refractivity contribution in [3.63, 3.8) is 0 Å². The first-order valence-electron chi connectivity index (χ1n) is 12.6. The van der Waals surface area contributed by atoms with Crippen molar-refractivity contribution in [2.45, 2.75) is 64.9 Å². The molecule has 0 unspecified atom stereocenters. The summed E-state index contributed by atoms with van der Waals surface area (Å²) in [4.78, 5) is 13.0. The van der Waals surface area contributed by atoms with Gasteiger partial charge in [0.1, 0.15) is 5.75 Å². The van der Waals surface area contributed by atoms with Gasteiger partial charge in [-0.15, -0.1) is 0 Å². The van der Waals surface area contributed by atoms with Gasteiger partial charge in [-0.25, -0.2) is 0 Å². The molecule has 182 valence electrons. The molecule has 7 atom stereocenters. The number of aliphatic hydroxyl groups is 2. The molecule has 5 heteroatoms. The van der Waals surface area contributed by atoms with Crippen molar-refractivity contribution in [3.05, 3.63) is 42.0 Å². The number of nitrogens with one attached hydrogen (secondary N) is 1. The van der Waals surface area contributed by atoms with Crippen molar-refractivity contribution < 1.29 is 19.7 Å². The highest BCUT2D eigenvalue weighted by Gasteiger charge is 2.56. The molecule has 0 aliphatic heterocycles. The molecule has 1 amide bonds. The fraction of sp³-hybridized carbons (Fsp3) is 0.679. The number of benzene rings is 1. The number of hydrogen-bond acceptors (Lipinski definition) is 4. The molecule has 3 N–H and O–H groups in total. The van der Waals surface area contributed by atoms with Gasteiger partial charge in [0.15, 0.2) is 0 Å². The summed E-state index contributed by atoms with van der Waals surface area (Å²) in [6.07, 6.45) is 6.47. The number of rotatable bonds is 6. The maximum absolute atomic E-state index is 13.0. The maximum Gasteiger partial charge on any atom is 0.251 e. The fourth-order valence-corrected chi connectivity index (χ4v) is 7.52. The van der Waals surface area contributed by atoms with Crippen LogP contribution in [0.2, 0.25) is 0 Å². The van der Waals surface area contributed by atoms with Crippen molar-refractivity contribution in [2.24, 2.45) is 34.5 Å². The van der Waals surface area contributed by atoms with Crippen LogP contribution in [0.5, 0.6) is 5.75 Å². The third kappa shape index (κ3) is 4.35. The minimum Gasteiger partial charge on any atom is -0.497 e. The first-order valence-corrected chi connectivity index (χ1v) is 12.6. The third-order valence-electron chi connectivity index (χ3n) is 9.81. The first kappa shape index (κ1) is 24.3. The normalized spacial score (nSPS) is 38.6. The molecular weight excluding hydrogens is 414 g/mol. The fourth-order valence-electron chi connectivity index (χ4n) is 7.52. The van der Waals surface area contributed by atoms with Crippen LogP contribution in [0.1, 0.15) is 69.2 Å². The second kappa shape index (κ2) is 9.42. The molecule has 33 heavy (non-hydrogen) atoms. The molecule has 0 bridgehead atoms. The van der Waals surface area contributed by atoms with E-state index >= 15 is 0 Å². The Balaban J connectivity index is 1.58. The van der Waals surface area contributed by atoms with Gasteiger partial charge in [-0.1, -0.05) is 26.0 Å². The highest BCUT2D eigenvalue weighted by molar-refractivity contribution is 5.94. The maximum atomic E-state index is 13.0. The summed E-state index contributed by atoms with van der Waals surface area (Å²) in [6, 6.07) is 7.24. The highest BCUT2D eigenvalue weighted by atomic mass is 16.5. The first-order chi connectivity index (χ1) is 15.7. The predicted molar refractivity (Wildman–Crippen MR) is 130 cm³/mol. The number of ether oxygens (including phenoxy) is 1. The number of amides is 1. The van der Waals surface area contributed by atoms with Crippen molar-refractivity contribution >= 4 is 5.91 Å². The lowest BCUT2D eigenvalue weighted by molar-refractivity contribution is -0.0928. The molecule has 1 aromatic carbocycles. The Labute approximate surface area is 198 Å². The molecule has 5 nitrogen and oxygen atoms in total. The van der Waals surface area contributed by atoms with Gasteiger partial charge in [0.2, 0.25) is 0 Å². The average molecular weight is 456 g/mol. The number of hydrogen-bond donors (Lipinski definition) is 3. The standard InChI is InChI=1S/C28H41NO4/c1-18-5-10-24-23(16-29-26(32)19-6-8-22(33-4)9-7-19)25(12-14-27(18,24)2)28(3)13-11-21(31)15-20(28)17-30/h6-9,20-21,23-25,30-31H,1,5,10-17H2,2-4H3,(H,29,32)/t20-,21+,23+,24+,25+,27-,28-/m1/s1. The summed E-state index contributed by atoms with van der Waals surface area (Å²) in [5.41, 5.74) is 2.10. The van der Waals surface area contributed by atoms with Crippen LogP contribution in [-0.2, 0) is 0 Å². The summed E-state index contributed by atoms with van der Waals surface area (Å²) in [5, 5.41) is 23.8. The number of allylic oxidation sites excluding steroid dienone is 1. The van der Waals surface area contributed by atoms with Gasteiger partial charge in [0, 0.05) is 18.7 Å². The number of carbonyl (C=O) groups excluding carboxylic acids is 1. The molecule has 0 heterocycles. The molecule has 3 fully saturated rings. The van der Waals surface area contributed by atoms with Crippen LogP contribution in [0, 0.1) is 34.5 Å². The van der Waals surface area contributed by atoms with E-state index < -0.39 is 0 Å². The van der Waals surface area contributed by atoms with Gasteiger partial charge in [0.25, 0.3) is 5.91 Å². The van der Waals surface area contributed by atoms with E-state index in [9.17, 15) is 15.0 Å². The minimum atomic E-state index is -0.316. The Morgan fingerprint density at radius 1 is 1.15 bits per heavy atom. The van der Waals surface area contributed by atoms with Gasteiger partial charge in [-0.2, -0.15) is 0 Å². The molecule has 3 saturated carbocycles. The minimum absolute atomic E-state index is 0.0330. The monoisotopic (exact) mass is 455 g/mol. The lowest BCUT2D eigenvalue weighted by Crippen LogP contribution is -2.53. The number of fused-ring (bicyclic) bond motifs is 1. The molecule has 0 aromatic heterocycles. The molecule has 1 aromatic rings. The van der Waals surface area contributed by atoms with Crippen LogP contribution in [-0.4, -0.2) is 42.5 Å². The van der Waals surface area contributed by atoms with Gasteiger partial charge >= 0.3 is 0 Å². The van der Waals surface area contributed by atoms with Crippen LogP contribution < -0.4 is 10.1 Å². The van der Waals surface area contributed by atoms with E-state index in [1.807, 2.05) is 12.1 Å². The molecular formula is C28H41NO4. The lowest BCUT2D eigenvalue weighted by atomic mass is 9.49. The van der Waals surface area contributed by atoms with E-state index in [4.69, 9.17) is 4.74 Å². The van der Waals surface area contributed by atoms with Gasteiger partial charge in [-0.05, 0) is 104 Å². The summed E-state index contributed by atoms with van der Waals surface area (Å²) in [7, 11) is 1.62. The van der Waals surface area contributed by atoms with E-state index in [2.05, 4.69) is 25.7 Å². The van der Waals surface area contributed by atoms with Crippen LogP contribution in [0.25, 0.3) is 0 Å². The molecule has 0 saturated heterocycles. The van der Waals surface area contributed by atoms with E-state index in [1.165, 1.54) is 5.57 Å². The van der Waals surface area contributed by atoms with Crippen LogP contribution in [0.15, 0.2) is 36.4 Å². The van der Waals surface area contributed by atoms with Crippen LogP contribution in [0.4, 0.5) is 0 Å². The average Bonchev–Trinajstić information content (AvgIpc) is 3.13. The van der Waals surface area contributed by atoms with Gasteiger partial charge < -0.3 is 20.3 Å². The molecule has 4 rings (SSSR count). The van der Waals surface area contributed by atoms with E-state index in [1.54, 1.807) is 19.2 Å². The van der Waals surface area contributed by atoms with Crippen molar-refractivity contribution in [2.75, 3.05) is 20.3 Å².